The molecule has 0 fully saturated rings. The Labute approximate surface area is 158 Å². The zero-order valence-corrected chi connectivity index (χ0v) is 16.1. The number of hydrogen-bond acceptors (Lipinski definition) is 5. The molecule has 0 radical (unpaired) electrons. The Hall–Kier alpha value is -2.89. The summed E-state index contributed by atoms with van der Waals surface area (Å²) in [6.07, 6.45) is 0.695. The summed E-state index contributed by atoms with van der Waals surface area (Å²) >= 11 is 0. The molecule has 1 N–H and O–H groups in total. The molecule has 0 saturated carbocycles. The van der Waals surface area contributed by atoms with Crippen molar-refractivity contribution in [1.82, 2.24) is 5.32 Å². The molecule has 2 rings (SSSR count). The second-order valence-corrected chi connectivity index (χ2v) is 6.75. The van der Waals surface area contributed by atoms with Gasteiger partial charge >= 0.3 is 11.6 Å². The second kappa shape index (κ2) is 9.16. The van der Waals surface area contributed by atoms with Crippen molar-refractivity contribution in [3.05, 3.63) is 68.8 Å². The van der Waals surface area contributed by atoms with Crippen molar-refractivity contribution in [2.45, 2.75) is 40.0 Å². The summed E-state index contributed by atoms with van der Waals surface area (Å²) in [7, 11) is 0. The van der Waals surface area contributed by atoms with Gasteiger partial charge in [-0.2, -0.15) is 0 Å². The third kappa shape index (κ3) is 5.81. The minimum absolute atomic E-state index is 0.174. The number of rotatable bonds is 7. The van der Waals surface area contributed by atoms with Crippen LogP contribution in [-0.4, -0.2) is 25.0 Å². The molecule has 1 aromatic heterocycles. The third-order valence-electron chi connectivity index (χ3n) is 4.26. The van der Waals surface area contributed by atoms with Crippen LogP contribution < -0.4 is 10.9 Å². The first-order chi connectivity index (χ1) is 12.8. The third-order valence-corrected chi connectivity index (χ3v) is 4.26. The largest absolute Gasteiger partial charge is 0.452 e. The Balaban J connectivity index is 1.79. The maximum atomic E-state index is 12.1. The van der Waals surface area contributed by atoms with E-state index in [1.54, 1.807) is 6.92 Å². The molecule has 0 aliphatic carbocycles. The zero-order chi connectivity index (χ0) is 20.0. The standard InChI is InChI=1S/C21H25NO5/c1-13(2)17-7-5-16(6-8-17)9-10-22-18(23)12-26-21(25)20-14(3)11-19(24)27-15(20)4/h5-8,11,13H,9-10,12H2,1-4H3,(H,22,23). The van der Waals surface area contributed by atoms with Gasteiger partial charge in [0.15, 0.2) is 6.61 Å². The molecule has 1 aromatic carbocycles. The first-order valence-electron chi connectivity index (χ1n) is 8.92. The molecule has 27 heavy (non-hydrogen) atoms. The smallest absolute Gasteiger partial charge is 0.342 e. The average Bonchev–Trinajstić information content (AvgIpc) is 2.59. The molecule has 0 saturated heterocycles. The summed E-state index contributed by atoms with van der Waals surface area (Å²) in [5, 5.41) is 2.72. The summed E-state index contributed by atoms with van der Waals surface area (Å²) < 4.78 is 9.92. The lowest BCUT2D eigenvalue weighted by Crippen LogP contribution is -2.30. The predicted molar refractivity (Wildman–Crippen MR) is 102 cm³/mol. The number of hydrogen-bond donors (Lipinski definition) is 1. The van der Waals surface area contributed by atoms with Crippen molar-refractivity contribution in [3.63, 3.8) is 0 Å². The van der Waals surface area contributed by atoms with Crippen LogP contribution in [0.15, 0.2) is 39.5 Å². The van der Waals surface area contributed by atoms with Gasteiger partial charge in [0.05, 0.1) is 0 Å². The van der Waals surface area contributed by atoms with E-state index in [1.807, 2.05) is 0 Å². The van der Waals surface area contributed by atoms with E-state index in [0.29, 0.717) is 24.4 Å². The summed E-state index contributed by atoms with van der Waals surface area (Å²) in [4.78, 5) is 35.3. The molecule has 0 bridgehead atoms. The molecular formula is C21H25NO5. The molecule has 1 amide bonds. The van der Waals surface area contributed by atoms with Crippen LogP contribution >= 0.6 is 0 Å². The molecular weight excluding hydrogens is 346 g/mol. The van der Waals surface area contributed by atoms with E-state index in [2.05, 4.69) is 43.4 Å². The van der Waals surface area contributed by atoms with Crippen LogP contribution in [0.2, 0.25) is 0 Å². The van der Waals surface area contributed by atoms with Gasteiger partial charge in [-0.3, -0.25) is 4.79 Å². The Kier molecular flexibility index (Phi) is 6.93. The van der Waals surface area contributed by atoms with Crippen LogP contribution in [0, 0.1) is 13.8 Å². The highest BCUT2D eigenvalue weighted by molar-refractivity contribution is 5.93. The van der Waals surface area contributed by atoms with E-state index < -0.39 is 11.6 Å². The normalized spacial score (nSPS) is 10.7. The molecule has 6 nitrogen and oxygen atoms in total. The van der Waals surface area contributed by atoms with E-state index in [0.717, 1.165) is 5.56 Å². The van der Waals surface area contributed by atoms with Crippen molar-refractivity contribution >= 4 is 11.9 Å². The van der Waals surface area contributed by atoms with Gasteiger partial charge in [-0.05, 0) is 42.9 Å². The van der Waals surface area contributed by atoms with E-state index in [1.165, 1.54) is 18.6 Å². The number of esters is 1. The van der Waals surface area contributed by atoms with Crippen LogP contribution in [0.25, 0.3) is 0 Å². The van der Waals surface area contributed by atoms with Gasteiger partial charge in [0.1, 0.15) is 11.3 Å². The van der Waals surface area contributed by atoms with Crippen LogP contribution in [0.5, 0.6) is 0 Å². The van der Waals surface area contributed by atoms with Crippen molar-refractivity contribution in [3.8, 4) is 0 Å². The number of nitrogens with one attached hydrogen (secondary N) is 1. The fourth-order valence-corrected chi connectivity index (χ4v) is 2.73. The summed E-state index contributed by atoms with van der Waals surface area (Å²) in [5.41, 5.74) is 2.51. The van der Waals surface area contributed by atoms with Crippen molar-refractivity contribution in [2.75, 3.05) is 13.2 Å². The van der Waals surface area contributed by atoms with E-state index >= 15 is 0 Å². The highest BCUT2D eigenvalue weighted by Crippen LogP contribution is 2.15. The van der Waals surface area contributed by atoms with Gasteiger partial charge < -0.3 is 14.5 Å². The van der Waals surface area contributed by atoms with Crippen LogP contribution in [0.1, 0.15) is 52.6 Å². The van der Waals surface area contributed by atoms with Gasteiger partial charge in [-0.15, -0.1) is 0 Å². The quantitative estimate of drug-likeness (QED) is 0.757. The maximum Gasteiger partial charge on any atom is 0.342 e. The van der Waals surface area contributed by atoms with Crippen molar-refractivity contribution < 1.29 is 18.7 Å². The summed E-state index contributed by atoms with van der Waals surface area (Å²) in [6.45, 7) is 7.48. The van der Waals surface area contributed by atoms with Gasteiger partial charge in [0.25, 0.3) is 5.91 Å². The van der Waals surface area contributed by atoms with Gasteiger partial charge in [0.2, 0.25) is 0 Å². The number of ether oxygens (including phenoxy) is 1. The lowest BCUT2D eigenvalue weighted by molar-refractivity contribution is -0.124. The topological polar surface area (TPSA) is 85.6 Å². The van der Waals surface area contributed by atoms with E-state index in [-0.39, 0.29) is 23.8 Å². The predicted octanol–water partition coefficient (Wildman–Crippen LogP) is 2.90. The molecule has 2 aromatic rings. The minimum Gasteiger partial charge on any atom is -0.452 e. The molecule has 0 unspecified atom stereocenters. The van der Waals surface area contributed by atoms with Crippen LogP contribution in [0.3, 0.4) is 0 Å². The minimum atomic E-state index is -0.687. The summed E-state index contributed by atoms with van der Waals surface area (Å²) in [6, 6.07) is 9.50. The molecule has 144 valence electrons. The highest BCUT2D eigenvalue weighted by Gasteiger charge is 2.17. The molecule has 0 aliphatic heterocycles. The SMILES string of the molecule is Cc1cc(=O)oc(C)c1C(=O)OCC(=O)NCCc1ccc(C(C)C)cc1. The fourth-order valence-electron chi connectivity index (χ4n) is 2.73. The lowest BCUT2D eigenvalue weighted by Gasteiger charge is -2.10. The first-order valence-corrected chi connectivity index (χ1v) is 8.92. The van der Waals surface area contributed by atoms with Crippen molar-refractivity contribution in [1.29, 1.82) is 0 Å². The second-order valence-electron chi connectivity index (χ2n) is 6.75. The molecule has 6 heteroatoms. The average molecular weight is 371 g/mol. The fraction of sp³-hybridized carbons (Fsp3) is 0.381. The van der Waals surface area contributed by atoms with E-state index in [9.17, 15) is 14.4 Å². The molecule has 1 heterocycles. The monoisotopic (exact) mass is 371 g/mol. The number of carbonyl (C=O) groups is 2. The lowest BCUT2D eigenvalue weighted by atomic mass is 10.0. The van der Waals surface area contributed by atoms with Gasteiger partial charge in [0, 0.05) is 12.6 Å². The number of amides is 1. The highest BCUT2D eigenvalue weighted by atomic mass is 16.5. The zero-order valence-electron chi connectivity index (χ0n) is 16.1. The van der Waals surface area contributed by atoms with Crippen LogP contribution in [-0.2, 0) is 16.0 Å². The number of carbonyl (C=O) groups excluding carboxylic acids is 2. The van der Waals surface area contributed by atoms with Crippen LogP contribution in [0.4, 0.5) is 0 Å². The van der Waals surface area contributed by atoms with Gasteiger partial charge in [-0.25, -0.2) is 9.59 Å². The molecule has 0 atom stereocenters. The van der Waals surface area contributed by atoms with E-state index in [4.69, 9.17) is 9.15 Å². The Morgan fingerprint density at radius 2 is 1.81 bits per heavy atom. The Bertz CT molecular complexity index is 839. The van der Waals surface area contributed by atoms with Gasteiger partial charge in [-0.1, -0.05) is 38.1 Å². The first kappa shape index (κ1) is 20.4. The summed E-state index contributed by atoms with van der Waals surface area (Å²) in [5.74, 6) is -0.406. The maximum absolute atomic E-state index is 12.1. The molecule has 0 aliphatic rings. The number of aryl methyl sites for hydroxylation is 2. The molecule has 0 spiro atoms. The van der Waals surface area contributed by atoms with Crippen molar-refractivity contribution in [2.24, 2.45) is 0 Å². The Morgan fingerprint density at radius 3 is 2.41 bits per heavy atom. The Morgan fingerprint density at radius 1 is 1.15 bits per heavy atom. The number of benzene rings is 1.